The van der Waals surface area contributed by atoms with Crippen molar-refractivity contribution in [1.82, 2.24) is 24.9 Å². The second kappa shape index (κ2) is 49.6. The molecule has 5 aromatic carbocycles. The largest absolute Gasteiger partial charge is 0.433 e. The molecule has 6 aliphatic rings. The number of carbonyl (C=O) groups is 1. The van der Waals surface area contributed by atoms with E-state index in [0.29, 0.717) is 91.1 Å². The number of oxime groups is 4. The topological polar surface area (TPSA) is 225 Å². The quantitative estimate of drug-likeness (QED) is 0.0240. The van der Waals surface area contributed by atoms with E-state index in [2.05, 4.69) is 51.4 Å². The molecule has 0 saturated heterocycles. The number of halogens is 33. The normalized spacial score (nSPS) is 19.4. The molecule has 49 heteroatoms. The van der Waals surface area contributed by atoms with E-state index in [9.17, 15) is 123 Å². The Labute approximate surface area is 870 Å². The molecule has 3 aliphatic heterocycles. The summed E-state index contributed by atoms with van der Waals surface area (Å²) >= 11 is 30.7. The molecular formula is C101H89Cl6F27N10O6. The first-order valence-corrected chi connectivity index (χ1v) is 46.2. The SMILES string of the molecule is C.Cc1cc(C2ON=C3C(c4cc(C)ncc4Cl)CCC32)cc(C(F)(F)F)c1.Cc1cc([C@@H]2ON=C3[C@@H](c4cc(C)ncc4Cl)CC[C@@H]32)cc(C(F)(F)F)c1.Cc1cc([C@H]2ON=C3[C@H](c4cc(C)ncc4Cl)CC[C@H]32)cc(C(F)(F)F)c1.Cl.NO.O/N=C/C(CC/C=C\c1cc(C(F)(F)F)cc(C(F)(F)F)c1)c1cc(C(F)(F)F)ncc1Cl.O=CC(CC/C=C\c1cc(C(F)(F)F)cc(C(F)(F)F)c1)c1cc(C(F)(F)F)ncc1Cl. The molecule has 10 aromatic rings. The van der Waals surface area contributed by atoms with Crippen molar-refractivity contribution in [3.8, 4) is 0 Å². The molecule has 0 radical (unpaired) electrons. The van der Waals surface area contributed by atoms with Crippen LogP contribution in [0.5, 0.6) is 0 Å². The predicted molar refractivity (Wildman–Crippen MR) is 510 cm³/mol. The summed E-state index contributed by atoms with van der Waals surface area (Å²) in [5.41, 5.74) is -0.0982. The lowest BCUT2D eigenvalue weighted by atomic mass is 9.89. The van der Waals surface area contributed by atoms with Crippen LogP contribution in [-0.2, 0) is 74.9 Å². The Bertz CT molecular complexity index is 6200. The Hall–Kier alpha value is -11.4. The van der Waals surface area contributed by atoms with Gasteiger partial charge in [-0.25, -0.2) is 5.90 Å². The molecule has 5 unspecified atom stereocenters. The Morgan fingerprint density at radius 3 is 0.873 bits per heavy atom. The number of aryl methyl sites for hydroxylation is 6. The number of hydrogen-bond acceptors (Lipinski definition) is 16. The molecular weight excluding hydrogens is 2170 g/mol. The van der Waals surface area contributed by atoms with E-state index in [1.165, 1.54) is 30.4 Å². The maximum atomic E-state index is 13.2. The number of rotatable bonds is 18. The Balaban J connectivity index is 0.000000207. The van der Waals surface area contributed by atoms with E-state index in [-0.39, 0.29) is 125 Å². The molecule has 4 N–H and O–H groups in total. The summed E-state index contributed by atoms with van der Waals surface area (Å²) in [5.74, 6) is 1.39. The third-order valence-corrected chi connectivity index (χ3v) is 26.1. The van der Waals surface area contributed by atoms with Crippen LogP contribution in [0.1, 0.15) is 259 Å². The minimum absolute atomic E-state index is 0. The molecule has 3 fully saturated rings. The second-order valence-corrected chi connectivity index (χ2v) is 37.2. The highest BCUT2D eigenvalue weighted by Gasteiger charge is 2.51. The number of aromatic nitrogens is 5. The van der Waals surface area contributed by atoms with E-state index in [1.807, 2.05) is 39.0 Å². The molecule has 3 aliphatic carbocycles. The van der Waals surface area contributed by atoms with Crippen molar-refractivity contribution in [3.63, 3.8) is 0 Å². The van der Waals surface area contributed by atoms with Crippen LogP contribution in [-0.4, -0.2) is 65.0 Å². The number of alkyl halides is 27. The van der Waals surface area contributed by atoms with Gasteiger partial charge in [-0.15, -0.1) is 17.6 Å². The van der Waals surface area contributed by atoms with Gasteiger partial charge in [0.15, 0.2) is 18.3 Å². The van der Waals surface area contributed by atoms with Gasteiger partial charge < -0.3 is 29.7 Å². The van der Waals surface area contributed by atoms with Crippen LogP contribution < -0.4 is 5.90 Å². The fourth-order valence-electron chi connectivity index (χ4n) is 17.9. The minimum atomic E-state index is -5.00. The van der Waals surface area contributed by atoms with Crippen molar-refractivity contribution in [2.45, 2.75) is 217 Å². The number of carbonyl (C=O) groups excluding carboxylic acids is 1. The van der Waals surface area contributed by atoms with E-state index >= 15 is 0 Å². The smallest absolute Gasteiger partial charge is 0.411 e. The highest BCUT2D eigenvalue weighted by atomic mass is 35.5. The lowest BCUT2D eigenvalue weighted by Gasteiger charge is -2.18. The van der Waals surface area contributed by atoms with Gasteiger partial charge >= 0.3 is 55.6 Å². The maximum Gasteiger partial charge on any atom is 0.433 e. The van der Waals surface area contributed by atoms with E-state index in [0.717, 1.165) is 138 Å². The molecule has 0 amide bonds. The molecule has 0 bridgehead atoms. The van der Waals surface area contributed by atoms with Crippen molar-refractivity contribution in [2.24, 2.45) is 44.3 Å². The zero-order valence-electron chi connectivity index (χ0n) is 78.0. The van der Waals surface area contributed by atoms with Crippen molar-refractivity contribution in [1.29, 1.82) is 0 Å². The van der Waals surface area contributed by atoms with Crippen molar-refractivity contribution in [2.75, 3.05) is 0 Å². The summed E-state index contributed by atoms with van der Waals surface area (Å²) in [5, 5.41) is 32.3. The van der Waals surface area contributed by atoms with Crippen LogP contribution in [0.2, 0.25) is 25.1 Å². The van der Waals surface area contributed by atoms with Gasteiger partial charge in [0.1, 0.15) is 17.7 Å². The average Bonchev–Trinajstić information content (AvgIpc) is 1.61. The molecule has 5 aromatic heterocycles. The van der Waals surface area contributed by atoms with Gasteiger partial charge in [0.2, 0.25) is 0 Å². The summed E-state index contributed by atoms with van der Waals surface area (Å²) < 4.78 is 351. The zero-order valence-corrected chi connectivity index (χ0v) is 82.5. The number of pyridine rings is 5. The number of nitrogens with two attached hydrogens (primary N) is 1. The number of fused-ring (bicyclic) bond motifs is 3. The Morgan fingerprint density at radius 2 is 0.613 bits per heavy atom. The number of hydrogen-bond donors (Lipinski definition) is 3. The Morgan fingerprint density at radius 1 is 0.353 bits per heavy atom. The predicted octanol–water partition coefficient (Wildman–Crippen LogP) is 33.8. The number of nitrogens with zero attached hydrogens (tertiary/aromatic N) is 9. The minimum Gasteiger partial charge on any atom is -0.411 e. The van der Waals surface area contributed by atoms with E-state index in [1.54, 1.807) is 57.6 Å². The number of benzene rings is 5. The monoisotopic (exact) mass is 2260 g/mol. The lowest BCUT2D eigenvalue weighted by molar-refractivity contribution is -0.144. The third kappa shape index (κ3) is 31.0. The summed E-state index contributed by atoms with van der Waals surface area (Å²) in [6.45, 7) is 10.7. The fraction of sp³-hybridized carbons (Fsp3) is 0.366. The van der Waals surface area contributed by atoms with Crippen molar-refractivity contribution < 1.29 is 148 Å². The van der Waals surface area contributed by atoms with Gasteiger partial charge in [0.25, 0.3) is 0 Å². The van der Waals surface area contributed by atoms with Gasteiger partial charge in [-0.3, -0.25) is 24.9 Å². The van der Waals surface area contributed by atoms with Crippen LogP contribution in [0.3, 0.4) is 0 Å². The molecule has 8 heterocycles. The molecule has 810 valence electrons. The van der Waals surface area contributed by atoms with Crippen LogP contribution in [0.4, 0.5) is 119 Å². The highest BCUT2D eigenvalue weighted by molar-refractivity contribution is 6.33. The van der Waals surface area contributed by atoms with Crippen LogP contribution in [0.15, 0.2) is 185 Å². The average molecular weight is 2260 g/mol. The van der Waals surface area contributed by atoms with Gasteiger partial charge in [0.05, 0.1) is 87.4 Å². The summed E-state index contributed by atoms with van der Waals surface area (Å²) in [6, 6.07) is 21.4. The summed E-state index contributed by atoms with van der Waals surface area (Å²) in [4.78, 5) is 47.1. The first kappa shape index (κ1) is 122. The highest BCUT2D eigenvalue weighted by Crippen LogP contribution is 2.55. The number of aldehydes is 1. The second-order valence-electron chi connectivity index (χ2n) is 35.2. The molecule has 150 heavy (non-hydrogen) atoms. The molecule has 11 atom stereocenters. The van der Waals surface area contributed by atoms with Crippen LogP contribution in [0.25, 0.3) is 12.2 Å². The Kier molecular flexibility index (Phi) is 40.4. The van der Waals surface area contributed by atoms with Gasteiger partial charge in [-0.05, 0) is 265 Å². The fourth-order valence-corrected chi connectivity index (χ4v) is 19.1. The van der Waals surface area contributed by atoms with Gasteiger partial charge in [-0.1, -0.05) is 140 Å². The van der Waals surface area contributed by atoms with Gasteiger partial charge in [-0.2, -0.15) is 119 Å². The maximum absolute atomic E-state index is 13.2. The van der Waals surface area contributed by atoms with Crippen LogP contribution in [0, 0.1) is 59.3 Å². The van der Waals surface area contributed by atoms with Crippen molar-refractivity contribution >= 4 is 112 Å². The summed E-state index contributed by atoms with van der Waals surface area (Å²) in [7, 11) is 0. The third-order valence-electron chi connectivity index (χ3n) is 24.6. The molecule has 3 saturated carbocycles. The summed E-state index contributed by atoms with van der Waals surface area (Å²) in [6.07, 6.45) is -27.3. The first-order valence-electron chi connectivity index (χ1n) is 44.4. The molecule has 16 rings (SSSR count). The van der Waals surface area contributed by atoms with Gasteiger partial charge in [0, 0.05) is 95.4 Å². The van der Waals surface area contributed by atoms with Crippen molar-refractivity contribution in [3.05, 3.63) is 329 Å². The standard InChI is InChI=1S/C20H14ClF9N2O.C20H13ClF9NO.3C20H18ClF3N2O.CH4.ClH.H3NO/c21-16-10-31-17(20(28,29)30)8-15(16)12(9-32-33)4-2-1-3-11-5-13(18(22,23)24)7-14(6-11)19(25,26)27;21-16-9-31-17(20(28,29)30)8-15(16)12(10-32)4-2-1-3-11-5-13(18(22,23)24)7-14(6-11)19(25,26)27;3*1-10-5-12(8-13(6-10)20(22,23)24)19-15-4-3-14(18(15)26-27-19)16-7-11(2)25-9-17(16)21;;;1-2/h1,3,5-10,12,33H,2,4H2;1,3,5-10,12H,2,4H2;3*5-9,14-15,19H,3-4H2,1-2H3;1H4;1H;2H,1H2/b3-1-,32-9+;3-1-;;;;;;/t;;2*14-,15+,19+;;;;/m..10..../s1. The number of allylic oxidation sites excluding steroid dienone is 2. The first-order chi connectivity index (χ1) is 69.0. The molecule has 0 spiro atoms. The lowest BCUT2D eigenvalue weighted by Crippen LogP contribution is -2.16. The van der Waals surface area contributed by atoms with E-state index in [4.69, 9.17) is 82.9 Å². The molecule has 16 nitrogen and oxygen atoms in total. The zero-order chi connectivity index (χ0) is 109. The van der Waals surface area contributed by atoms with Crippen LogP contribution >= 0.6 is 70.4 Å². The van der Waals surface area contributed by atoms with E-state index < -0.39 is 136 Å².